The Morgan fingerprint density at radius 3 is 2.88 bits per heavy atom. The van der Waals surface area contributed by atoms with Crippen LogP contribution < -0.4 is 10.6 Å². The molecule has 0 saturated heterocycles. The number of aromatic nitrogens is 3. The van der Waals surface area contributed by atoms with E-state index in [1.165, 1.54) is 0 Å². The van der Waals surface area contributed by atoms with Gasteiger partial charge in [-0.2, -0.15) is 5.10 Å². The maximum Gasteiger partial charge on any atom is 0.254 e. The smallest absolute Gasteiger partial charge is 0.254 e. The summed E-state index contributed by atoms with van der Waals surface area (Å²) in [6.45, 7) is 1.46. The number of ether oxygens (including phenoxy) is 1. The highest BCUT2D eigenvalue weighted by Gasteiger charge is 2.28. The van der Waals surface area contributed by atoms with Crippen molar-refractivity contribution >= 4 is 11.8 Å². The predicted molar refractivity (Wildman–Crippen MR) is 85.6 cm³/mol. The van der Waals surface area contributed by atoms with E-state index in [-0.39, 0.29) is 17.9 Å². The summed E-state index contributed by atoms with van der Waals surface area (Å²) in [6.07, 6.45) is 5.30. The number of carbonyl (C=O) groups excluding carboxylic acids is 2. The summed E-state index contributed by atoms with van der Waals surface area (Å²) in [5, 5.41) is 9.99. The van der Waals surface area contributed by atoms with E-state index in [2.05, 4.69) is 20.7 Å². The van der Waals surface area contributed by atoms with Gasteiger partial charge in [0, 0.05) is 38.0 Å². The Labute approximate surface area is 139 Å². The third kappa shape index (κ3) is 3.43. The molecule has 3 rings (SSSR count). The van der Waals surface area contributed by atoms with Gasteiger partial charge in [-0.15, -0.1) is 0 Å². The second kappa shape index (κ2) is 7.22. The van der Waals surface area contributed by atoms with E-state index in [0.29, 0.717) is 37.2 Å². The van der Waals surface area contributed by atoms with Crippen LogP contribution in [-0.2, 0) is 17.7 Å². The maximum atomic E-state index is 12.2. The number of fused-ring (bicyclic) bond motifs is 1. The first-order chi connectivity index (χ1) is 11.7. The SMILES string of the molecule is COCCNC(=O)c1cnn2c1C[C@H](NC(=O)c1ccncc1)C2. The van der Waals surface area contributed by atoms with Crippen molar-refractivity contribution in [1.82, 2.24) is 25.4 Å². The van der Waals surface area contributed by atoms with E-state index in [0.717, 1.165) is 5.69 Å². The van der Waals surface area contributed by atoms with E-state index >= 15 is 0 Å². The normalized spacial score (nSPS) is 15.8. The number of nitrogens with zero attached hydrogens (tertiary/aromatic N) is 3. The second-order valence-electron chi connectivity index (χ2n) is 5.55. The Morgan fingerprint density at radius 2 is 2.12 bits per heavy atom. The summed E-state index contributed by atoms with van der Waals surface area (Å²) in [5.41, 5.74) is 1.95. The minimum absolute atomic E-state index is 0.0834. The number of hydrogen-bond donors (Lipinski definition) is 2. The van der Waals surface area contributed by atoms with Crippen LogP contribution in [0.2, 0.25) is 0 Å². The highest BCUT2D eigenvalue weighted by molar-refractivity contribution is 5.96. The van der Waals surface area contributed by atoms with E-state index in [1.54, 1.807) is 42.5 Å². The van der Waals surface area contributed by atoms with Crippen molar-refractivity contribution in [2.24, 2.45) is 0 Å². The van der Waals surface area contributed by atoms with Crippen LogP contribution in [-0.4, -0.2) is 52.9 Å². The Morgan fingerprint density at radius 1 is 1.33 bits per heavy atom. The highest BCUT2D eigenvalue weighted by Crippen LogP contribution is 2.19. The molecule has 2 aromatic heterocycles. The first-order valence-electron chi connectivity index (χ1n) is 7.71. The van der Waals surface area contributed by atoms with Crippen molar-refractivity contribution in [3.63, 3.8) is 0 Å². The summed E-state index contributed by atoms with van der Waals surface area (Å²) in [7, 11) is 1.58. The molecule has 0 bridgehead atoms. The van der Waals surface area contributed by atoms with Gasteiger partial charge in [0.15, 0.2) is 0 Å². The molecule has 1 aliphatic rings. The molecule has 3 heterocycles. The first kappa shape index (κ1) is 16.1. The molecule has 0 spiro atoms. The molecule has 8 heteroatoms. The predicted octanol–water partition coefficient (Wildman–Crippen LogP) is 0.00900. The van der Waals surface area contributed by atoms with Gasteiger partial charge in [-0.05, 0) is 12.1 Å². The van der Waals surface area contributed by atoms with Crippen LogP contribution in [0.4, 0.5) is 0 Å². The fourth-order valence-corrected chi connectivity index (χ4v) is 2.71. The van der Waals surface area contributed by atoms with Crippen molar-refractivity contribution in [3.8, 4) is 0 Å². The van der Waals surface area contributed by atoms with Gasteiger partial charge in [-0.3, -0.25) is 19.3 Å². The third-order valence-electron chi connectivity index (χ3n) is 3.90. The summed E-state index contributed by atoms with van der Waals surface area (Å²) in [5.74, 6) is -0.325. The highest BCUT2D eigenvalue weighted by atomic mass is 16.5. The van der Waals surface area contributed by atoms with Gasteiger partial charge in [0.2, 0.25) is 0 Å². The molecule has 1 aliphatic heterocycles. The van der Waals surface area contributed by atoms with Gasteiger partial charge in [0.05, 0.1) is 36.6 Å². The number of amides is 2. The van der Waals surface area contributed by atoms with Crippen LogP contribution in [0.1, 0.15) is 26.4 Å². The fourth-order valence-electron chi connectivity index (χ4n) is 2.71. The molecule has 8 nitrogen and oxygen atoms in total. The summed E-state index contributed by atoms with van der Waals surface area (Å²) < 4.78 is 6.68. The Balaban J connectivity index is 1.61. The Bertz CT molecular complexity index is 729. The largest absolute Gasteiger partial charge is 0.383 e. The van der Waals surface area contributed by atoms with Gasteiger partial charge in [-0.25, -0.2) is 0 Å². The van der Waals surface area contributed by atoms with Crippen molar-refractivity contribution in [1.29, 1.82) is 0 Å². The molecule has 2 amide bonds. The Hall–Kier alpha value is -2.74. The van der Waals surface area contributed by atoms with E-state index < -0.39 is 0 Å². The van der Waals surface area contributed by atoms with Crippen LogP contribution >= 0.6 is 0 Å². The van der Waals surface area contributed by atoms with Crippen molar-refractivity contribution in [2.75, 3.05) is 20.3 Å². The average Bonchev–Trinajstić information content (AvgIpc) is 3.15. The van der Waals surface area contributed by atoms with Crippen LogP contribution in [0, 0.1) is 0 Å². The molecule has 0 unspecified atom stereocenters. The number of pyridine rings is 1. The molecular weight excluding hydrogens is 310 g/mol. The lowest BCUT2D eigenvalue weighted by molar-refractivity contribution is 0.0931. The van der Waals surface area contributed by atoms with Crippen molar-refractivity contribution < 1.29 is 14.3 Å². The standard InChI is InChI=1S/C16H19N5O3/c1-24-7-6-18-16(23)13-9-19-21-10-12(8-14(13)21)20-15(22)11-2-4-17-5-3-11/h2-5,9,12H,6-8,10H2,1H3,(H,18,23)(H,20,22)/t12-/m0/s1. The number of methoxy groups -OCH3 is 1. The molecule has 0 aromatic carbocycles. The molecule has 0 saturated carbocycles. The lowest BCUT2D eigenvalue weighted by Gasteiger charge is -2.11. The lowest BCUT2D eigenvalue weighted by Crippen LogP contribution is -2.36. The Kier molecular flexibility index (Phi) is 4.85. The molecule has 2 N–H and O–H groups in total. The van der Waals surface area contributed by atoms with Crippen LogP contribution in [0.15, 0.2) is 30.7 Å². The lowest BCUT2D eigenvalue weighted by atomic mass is 10.1. The zero-order valence-electron chi connectivity index (χ0n) is 13.4. The quantitative estimate of drug-likeness (QED) is 0.728. The minimum atomic E-state index is -0.172. The molecular formula is C16H19N5O3. The van der Waals surface area contributed by atoms with Crippen molar-refractivity contribution in [3.05, 3.63) is 47.5 Å². The molecule has 0 fully saturated rings. The number of hydrogen-bond acceptors (Lipinski definition) is 5. The zero-order valence-corrected chi connectivity index (χ0v) is 13.4. The van der Waals surface area contributed by atoms with Crippen LogP contribution in [0.3, 0.4) is 0 Å². The van der Waals surface area contributed by atoms with Crippen LogP contribution in [0.5, 0.6) is 0 Å². The zero-order chi connectivity index (χ0) is 16.9. The molecule has 0 aliphatic carbocycles. The van der Waals surface area contributed by atoms with Crippen molar-refractivity contribution in [2.45, 2.75) is 19.0 Å². The summed E-state index contributed by atoms with van der Waals surface area (Å²) >= 11 is 0. The van der Waals surface area contributed by atoms with Gasteiger partial charge in [-0.1, -0.05) is 0 Å². The molecule has 24 heavy (non-hydrogen) atoms. The molecule has 126 valence electrons. The molecule has 1 atom stereocenters. The van der Waals surface area contributed by atoms with Crippen LogP contribution in [0.25, 0.3) is 0 Å². The van der Waals surface area contributed by atoms with Gasteiger partial charge in [0.25, 0.3) is 11.8 Å². The monoisotopic (exact) mass is 329 g/mol. The number of nitrogens with one attached hydrogen (secondary N) is 2. The average molecular weight is 329 g/mol. The number of rotatable bonds is 6. The second-order valence-corrected chi connectivity index (χ2v) is 5.55. The van der Waals surface area contributed by atoms with Gasteiger partial charge < -0.3 is 15.4 Å². The van der Waals surface area contributed by atoms with E-state index in [4.69, 9.17) is 4.74 Å². The summed E-state index contributed by atoms with van der Waals surface area (Å²) in [6, 6.07) is 3.24. The van der Waals surface area contributed by atoms with E-state index in [9.17, 15) is 9.59 Å². The van der Waals surface area contributed by atoms with E-state index in [1.807, 2.05) is 0 Å². The topological polar surface area (TPSA) is 98.1 Å². The number of carbonyl (C=O) groups is 2. The molecule has 0 radical (unpaired) electrons. The van der Waals surface area contributed by atoms with Gasteiger partial charge >= 0.3 is 0 Å². The van der Waals surface area contributed by atoms with Gasteiger partial charge in [0.1, 0.15) is 0 Å². The first-order valence-corrected chi connectivity index (χ1v) is 7.71. The fraction of sp³-hybridized carbons (Fsp3) is 0.375. The minimum Gasteiger partial charge on any atom is -0.383 e. The third-order valence-corrected chi connectivity index (χ3v) is 3.90. The molecule has 2 aromatic rings. The summed E-state index contributed by atoms with van der Waals surface area (Å²) in [4.78, 5) is 28.3. The maximum absolute atomic E-state index is 12.2.